The normalized spacial score (nSPS) is 18.4. The Balaban J connectivity index is 1.42. The molecular formula is C22H26N4O4S. The fourth-order valence-electron chi connectivity index (χ4n) is 4.26. The third-order valence-electron chi connectivity index (χ3n) is 5.98. The zero-order valence-corrected chi connectivity index (χ0v) is 18.2. The van der Waals surface area contributed by atoms with E-state index in [1.807, 2.05) is 6.07 Å². The van der Waals surface area contributed by atoms with E-state index in [1.165, 1.54) is 12.1 Å². The zero-order valence-electron chi connectivity index (χ0n) is 17.4. The minimum absolute atomic E-state index is 0.0592. The van der Waals surface area contributed by atoms with Crippen molar-refractivity contribution in [2.75, 3.05) is 29.9 Å². The second-order valence-corrected chi connectivity index (χ2v) is 9.56. The van der Waals surface area contributed by atoms with Crippen LogP contribution in [0.25, 0.3) is 0 Å². The van der Waals surface area contributed by atoms with Crippen LogP contribution in [-0.2, 0) is 21.2 Å². The Morgan fingerprint density at radius 1 is 1.13 bits per heavy atom. The number of nitrogens with zero attached hydrogens (tertiary/aromatic N) is 2. The number of likely N-dealkylation sites (N-methyl/N-ethyl adjacent to an activating group) is 1. The van der Waals surface area contributed by atoms with Gasteiger partial charge in [-0.15, -0.1) is 0 Å². The Hall–Kier alpha value is -2.91. The van der Waals surface area contributed by atoms with Gasteiger partial charge in [-0.1, -0.05) is 12.1 Å². The summed E-state index contributed by atoms with van der Waals surface area (Å²) in [7, 11) is -1.95. The highest BCUT2D eigenvalue weighted by Gasteiger charge is 2.37. The maximum absolute atomic E-state index is 12.8. The molecule has 0 radical (unpaired) electrons. The van der Waals surface area contributed by atoms with Crippen molar-refractivity contribution in [1.82, 2.24) is 5.32 Å². The molecule has 2 amide bonds. The summed E-state index contributed by atoms with van der Waals surface area (Å²) in [5.41, 5.74) is 3.14. The molecule has 2 aliphatic rings. The molecule has 0 spiro atoms. The molecular weight excluding hydrogens is 416 g/mol. The number of sulfonamides is 1. The molecule has 8 nitrogen and oxygen atoms in total. The van der Waals surface area contributed by atoms with Crippen LogP contribution in [0.15, 0.2) is 47.4 Å². The van der Waals surface area contributed by atoms with Gasteiger partial charge in [0.2, 0.25) is 15.9 Å². The maximum Gasteiger partial charge on any atom is 0.251 e. The summed E-state index contributed by atoms with van der Waals surface area (Å²) in [6.45, 7) is 1.25. The number of anilines is 2. The Morgan fingerprint density at radius 3 is 2.58 bits per heavy atom. The number of primary sulfonamides is 1. The molecule has 1 saturated heterocycles. The first kappa shape index (κ1) is 21.3. The van der Waals surface area contributed by atoms with Crippen molar-refractivity contribution in [2.24, 2.45) is 5.14 Å². The van der Waals surface area contributed by atoms with Gasteiger partial charge >= 0.3 is 0 Å². The number of amides is 2. The zero-order chi connectivity index (χ0) is 22.2. The number of benzene rings is 2. The second kappa shape index (κ2) is 8.32. The van der Waals surface area contributed by atoms with Crippen LogP contribution < -0.4 is 20.3 Å². The first-order valence-corrected chi connectivity index (χ1v) is 11.9. The molecule has 164 valence electrons. The number of hydrogen-bond donors (Lipinski definition) is 2. The fraction of sp³-hybridized carbons (Fsp3) is 0.364. The molecule has 1 fully saturated rings. The SMILES string of the molecule is CN1C(=O)C2CCCCN2c2ccc(C(=O)NCCc3ccc(S(N)(=O)=O)cc3)cc21. The van der Waals surface area contributed by atoms with Gasteiger partial charge in [-0.05, 0) is 61.6 Å². The molecule has 31 heavy (non-hydrogen) atoms. The summed E-state index contributed by atoms with van der Waals surface area (Å²) in [5, 5.41) is 7.98. The van der Waals surface area contributed by atoms with Crippen LogP contribution in [0, 0.1) is 0 Å². The first-order valence-electron chi connectivity index (χ1n) is 10.3. The number of piperidine rings is 1. The minimum Gasteiger partial charge on any atom is -0.358 e. The number of carbonyl (C=O) groups excluding carboxylic acids is 2. The smallest absolute Gasteiger partial charge is 0.251 e. The van der Waals surface area contributed by atoms with E-state index in [4.69, 9.17) is 5.14 Å². The third kappa shape index (κ3) is 4.28. The molecule has 1 atom stereocenters. The number of fused-ring (bicyclic) bond motifs is 3. The topological polar surface area (TPSA) is 113 Å². The molecule has 2 heterocycles. The van der Waals surface area contributed by atoms with Crippen LogP contribution in [-0.4, -0.2) is 46.4 Å². The van der Waals surface area contributed by atoms with Gasteiger partial charge in [0.15, 0.2) is 0 Å². The molecule has 4 rings (SSSR count). The van der Waals surface area contributed by atoms with Gasteiger partial charge in [-0.2, -0.15) is 0 Å². The molecule has 0 bridgehead atoms. The van der Waals surface area contributed by atoms with Crippen molar-refractivity contribution in [2.45, 2.75) is 36.6 Å². The molecule has 3 N–H and O–H groups in total. The summed E-state index contributed by atoms with van der Waals surface area (Å²) in [5.74, 6) is -0.140. The average Bonchev–Trinajstić information content (AvgIpc) is 2.77. The first-order chi connectivity index (χ1) is 14.8. The van der Waals surface area contributed by atoms with Gasteiger partial charge < -0.3 is 15.1 Å². The van der Waals surface area contributed by atoms with Crippen molar-refractivity contribution >= 4 is 33.2 Å². The van der Waals surface area contributed by atoms with E-state index < -0.39 is 10.0 Å². The van der Waals surface area contributed by atoms with Gasteiger partial charge in [-0.3, -0.25) is 9.59 Å². The molecule has 2 aromatic carbocycles. The van der Waals surface area contributed by atoms with Crippen molar-refractivity contribution in [3.8, 4) is 0 Å². The Kier molecular flexibility index (Phi) is 5.72. The van der Waals surface area contributed by atoms with Crippen LogP contribution in [0.1, 0.15) is 35.2 Å². The van der Waals surface area contributed by atoms with E-state index in [1.54, 1.807) is 36.2 Å². The lowest BCUT2D eigenvalue weighted by atomic mass is 9.96. The summed E-state index contributed by atoms with van der Waals surface area (Å²) in [4.78, 5) is 29.3. The van der Waals surface area contributed by atoms with Crippen LogP contribution >= 0.6 is 0 Å². The van der Waals surface area contributed by atoms with Crippen molar-refractivity contribution in [3.63, 3.8) is 0 Å². The molecule has 9 heteroatoms. The van der Waals surface area contributed by atoms with E-state index in [-0.39, 0.29) is 22.8 Å². The largest absolute Gasteiger partial charge is 0.358 e. The second-order valence-electron chi connectivity index (χ2n) is 8.00. The van der Waals surface area contributed by atoms with E-state index in [9.17, 15) is 18.0 Å². The molecule has 2 aromatic rings. The number of rotatable bonds is 5. The minimum atomic E-state index is -3.71. The average molecular weight is 443 g/mol. The van der Waals surface area contributed by atoms with E-state index in [0.717, 1.165) is 42.7 Å². The monoisotopic (exact) mass is 442 g/mol. The Bertz CT molecular complexity index is 1110. The predicted octanol–water partition coefficient (Wildman–Crippen LogP) is 1.64. The lowest BCUT2D eigenvalue weighted by Gasteiger charge is -2.44. The van der Waals surface area contributed by atoms with Gasteiger partial charge in [-0.25, -0.2) is 13.6 Å². The summed E-state index contributed by atoms with van der Waals surface area (Å²) in [6, 6.07) is 11.7. The van der Waals surface area contributed by atoms with E-state index in [0.29, 0.717) is 18.5 Å². The highest BCUT2D eigenvalue weighted by molar-refractivity contribution is 7.89. The highest BCUT2D eigenvalue weighted by atomic mass is 32.2. The number of carbonyl (C=O) groups is 2. The van der Waals surface area contributed by atoms with Gasteiger partial charge in [0.25, 0.3) is 5.91 Å². The van der Waals surface area contributed by atoms with Gasteiger partial charge in [0, 0.05) is 25.7 Å². The van der Waals surface area contributed by atoms with E-state index >= 15 is 0 Å². The molecule has 0 saturated carbocycles. The van der Waals surface area contributed by atoms with Crippen LogP contribution in [0.3, 0.4) is 0 Å². The van der Waals surface area contributed by atoms with Crippen LogP contribution in [0.5, 0.6) is 0 Å². The van der Waals surface area contributed by atoms with Gasteiger partial charge in [0.05, 0.1) is 16.3 Å². The maximum atomic E-state index is 12.8. The van der Waals surface area contributed by atoms with Crippen molar-refractivity contribution < 1.29 is 18.0 Å². The third-order valence-corrected chi connectivity index (χ3v) is 6.91. The number of nitrogens with two attached hydrogens (primary N) is 1. The lowest BCUT2D eigenvalue weighted by Crippen LogP contribution is -2.54. The van der Waals surface area contributed by atoms with Crippen molar-refractivity contribution in [3.05, 3.63) is 53.6 Å². The van der Waals surface area contributed by atoms with Gasteiger partial charge in [0.1, 0.15) is 6.04 Å². The number of hydrogen-bond acceptors (Lipinski definition) is 5. The highest BCUT2D eigenvalue weighted by Crippen LogP contribution is 2.39. The molecule has 0 aromatic heterocycles. The molecule has 2 aliphatic heterocycles. The summed E-state index contributed by atoms with van der Waals surface area (Å²) >= 11 is 0. The molecule has 1 unspecified atom stereocenters. The fourth-order valence-corrected chi connectivity index (χ4v) is 4.78. The Morgan fingerprint density at radius 2 is 1.87 bits per heavy atom. The van der Waals surface area contributed by atoms with Crippen molar-refractivity contribution in [1.29, 1.82) is 0 Å². The standard InChI is InChI=1S/C22H26N4O4S/c1-25-20-14-16(7-10-18(20)26-13-3-2-4-19(26)22(25)28)21(27)24-12-11-15-5-8-17(9-6-15)31(23,29)30/h5-10,14,19H,2-4,11-13H2,1H3,(H,24,27)(H2,23,29,30). The predicted molar refractivity (Wildman–Crippen MR) is 119 cm³/mol. The van der Waals surface area contributed by atoms with Crippen LogP contribution in [0.4, 0.5) is 11.4 Å². The quantitative estimate of drug-likeness (QED) is 0.731. The number of nitrogens with one attached hydrogen (secondary N) is 1. The van der Waals surface area contributed by atoms with Crippen LogP contribution in [0.2, 0.25) is 0 Å². The molecule has 0 aliphatic carbocycles. The Labute approximate surface area is 182 Å². The summed E-state index contributed by atoms with van der Waals surface area (Å²) < 4.78 is 22.6. The summed E-state index contributed by atoms with van der Waals surface area (Å²) in [6.07, 6.45) is 3.53. The van der Waals surface area contributed by atoms with E-state index in [2.05, 4.69) is 10.2 Å². The lowest BCUT2D eigenvalue weighted by molar-refractivity contribution is -0.120.